The van der Waals surface area contributed by atoms with Gasteiger partial charge in [0.25, 0.3) is 0 Å². The summed E-state index contributed by atoms with van der Waals surface area (Å²) in [6.45, 7) is 9.67. The van der Waals surface area contributed by atoms with E-state index in [0.29, 0.717) is 12.0 Å². The Bertz CT molecular complexity index is 607. The third kappa shape index (κ3) is 3.04. The highest BCUT2D eigenvalue weighted by Gasteiger charge is 2.27. The molecule has 21 heavy (non-hydrogen) atoms. The largest absolute Gasteiger partial charge is 0.370 e. The predicted molar refractivity (Wildman–Crippen MR) is 89.8 cm³/mol. The summed E-state index contributed by atoms with van der Waals surface area (Å²) in [5.74, 6) is 2.64. The van der Waals surface area contributed by atoms with E-state index in [0.717, 1.165) is 34.9 Å². The first-order chi connectivity index (χ1) is 10.2. The normalized spacial score (nSPS) is 19.7. The van der Waals surface area contributed by atoms with Gasteiger partial charge >= 0.3 is 0 Å². The summed E-state index contributed by atoms with van der Waals surface area (Å²) in [5.41, 5.74) is 0. The van der Waals surface area contributed by atoms with Crippen molar-refractivity contribution in [2.24, 2.45) is 5.92 Å². The van der Waals surface area contributed by atoms with E-state index in [2.05, 4.69) is 42.4 Å². The zero-order valence-corrected chi connectivity index (χ0v) is 13.9. The molecule has 4 nitrogen and oxygen atoms in total. The fraction of sp³-hybridized carbons (Fsp3) is 0.625. The van der Waals surface area contributed by atoms with Gasteiger partial charge in [0, 0.05) is 12.6 Å². The predicted octanol–water partition coefficient (Wildman–Crippen LogP) is 3.74. The zero-order chi connectivity index (χ0) is 14.8. The Morgan fingerprint density at radius 2 is 2.29 bits per heavy atom. The summed E-state index contributed by atoms with van der Waals surface area (Å²) in [5, 5.41) is 6.61. The molecular weight excluding hydrogens is 280 g/mol. The Kier molecular flexibility index (Phi) is 4.40. The number of likely N-dealkylation sites (tertiary alicyclic amines) is 1. The van der Waals surface area contributed by atoms with E-state index in [1.165, 1.54) is 19.4 Å². The fourth-order valence-corrected chi connectivity index (χ4v) is 4.04. The van der Waals surface area contributed by atoms with Crippen LogP contribution in [-0.2, 0) is 6.54 Å². The molecule has 1 N–H and O–H groups in total. The average Bonchev–Trinajstić information content (AvgIpc) is 3.07. The van der Waals surface area contributed by atoms with Crippen molar-refractivity contribution >= 4 is 27.4 Å². The smallest absolute Gasteiger partial charge is 0.146 e. The molecule has 1 aliphatic heterocycles. The van der Waals surface area contributed by atoms with Crippen LogP contribution in [0.2, 0.25) is 0 Å². The lowest BCUT2D eigenvalue weighted by Crippen LogP contribution is -2.33. The van der Waals surface area contributed by atoms with Gasteiger partial charge in [-0.3, -0.25) is 4.90 Å². The Morgan fingerprint density at radius 1 is 1.43 bits per heavy atom. The Labute approximate surface area is 130 Å². The highest BCUT2D eigenvalue weighted by atomic mass is 32.1. The van der Waals surface area contributed by atoms with E-state index in [4.69, 9.17) is 9.97 Å². The molecule has 5 heteroatoms. The quantitative estimate of drug-likeness (QED) is 0.913. The van der Waals surface area contributed by atoms with E-state index in [1.54, 1.807) is 11.3 Å². The minimum Gasteiger partial charge on any atom is -0.370 e. The molecule has 2 aromatic heterocycles. The third-order valence-corrected chi connectivity index (χ3v) is 5.05. The van der Waals surface area contributed by atoms with Crippen LogP contribution < -0.4 is 5.32 Å². The summed E-state index contributed by atoms with van der Waals surface area (Å²) < 4.78 is 0. The number of fused-ring (bicyclic) bond motifs is 1. The first-order valence-electron chi connectivity index (χ1n) is 7.91. The van der Waals surface area contributed by atoms with Crippen molar-refractivity contribution in [3.05, 3.63) is 17.3 Å². The van der Waals surface area contributed by atoms with E-state index >= 15 is 0 Å². The number of aromatic nitrogens is 2. The van der Waals surface area contributed by atoms with Gasteiger partial charge in [-0.2, -0.15) is 0 Å². The van der Waals surface area contributed by atoms with Crippen molar-refractivity contribution in [1.82, 2.24) is 14.9 Å². The summed E-state index contributed by atoms with van der Waals surface area (Å²) >= 11 is 1.70. The van der Waals surface area contributed by atoms with Crippen LogP contribution in [0.5, 0.6) is 0 Å². The summed E-state index contributed by atoms with van der Waals surface area (Å²) in [7, 11) is 0. The summed E-state index contributed by atoms with van der Waals surface area (Å²) in [6.07, 6.45) is 2.60. The molecule has 1 fully saturated rings. The molecule has 0 aromatic carbocycles. The lowest BCUT2D eigenvalue weighted by molar-refractivity contribution is 0.194. The molecule has 0 bridgehead atoms. The van der Waals surface area contributed by atoms with Crippen LogP contribution in [-0.4, -0.2) is 34.0 Å². The monoisotopic (exact) mass is 304 g/mol. The van der Waals surface area contributed by atoms with E-state index in [1.807, 2.05) is 0 Å². The van der Waals surface area contributed by atoms with Gasteiger partial charge in [0.05, 0.1) is 11.9 Å². The van der Waals surface area contributed by atoms with Gasteiger partial charge in [-0.05, 0) is 43.7 Å². The molecule has 1 unspecified atom stereocenters. The van der Waals surface area contributed by atoms with Gasteiger partial charge in [-0.15, -0.1) is 11.3 Å². The van der Waals surface area contributed by atoms with Crippen LogP contribution in [0.4, 0.5) is 5.82 Å². The highest BCUT2D eigenvalue weighted by Crippen LogP contribution is 2.28. The van der Waals surface area contributed by atoms with Crippen molar-refractivity contribution in [1.29, 1.82) is 0 Å². The molecule has 0 saturated carbocycles. The van der Waals surface area contributed by atoms with Crippen LogP contribution in [0.25, 0.3) is 10.2 Å². The maximum absolute atomic E-state index is 4.76. The number of hydrogen-bond donors (Lipinski definition) is 1. The number of rotatable bonds is 5. The maximum Gasteiger partial charge on any atom is 0.146 e. The van der Waals surface area contributed by atoms with Gasteiger partial charge in [0.1, 0.15) is 16.5 Å². The minimum atomic E-state index is 0.676. The molecule has 0 aliphatic carbocycles. The van der Waals surface area contributed by atoms with Crippen LogP contribution in [0.3, 0.4) is 0 Å². The van der Waals surface area contributed by atoms with Crippen LogP contribution in [0, 0.1) is 5.92 Å². The Balaban J connectivity index is 1.86. The summed E-state index contributed by atoms with van der Waals surface area (Å²) in [6, 6.07) is 2.78. The second-order valence-electron chi connectivity index (χ2n) is 6.08. The molecule has 0 radical (unpaired) electrons. The van der Waals surface area contributed by atoms with Gasteiger partial charge < -0.3 is 5.32 Å². The first-order valence-corrected chi connectivity index (χ1v) is 8.79. The van der Waals surface area contributed by atoms with Crippen molar-refractivity contribution in [2.45, 2.75) is 46.2 Å². The van der Waals surface area contributed by atoms with Crippen LogP contribution in [0.1, 0.15) is 39.4 Å². The molecule has 3 heterocycles. The lowest BCUT2D eigenvalue weighted by Gasteiger charge is -2.26. The van der Waals surface area contributed by atoms with Crippen molar-refractivity contribution in [2.75, 3.05) is 18.4 Å². The summed E-state index contributed by atoms with van der Waals surface area (Å²) in [4.78, 5) is 13.2. The number of thiophene rings is 1. The minimum absolute atomic E-state index is 0.676. The topological polar surface area (TPSA) is 41.1 Å². The Morgan fingerprint density at radius 3 is 3.05 bits per heavy atom. The molecule has 0 spiro atoms. The second kappa shape index (κ2) is 6.28. The van der Waals surface area contributed by atoms with Crippen molar-refractivity contribution < 1.29 is 0 Å². The lowest BCUT2D eigenvalue weighted by atomic mass is 10.0. The highest BCUT2D eigenvalue weighted by molar-refractivity contribution is 7.16. The molecule has 3 rings (SSSR count). The van der Waals surface area contributed by atoms with Crippen LogP contribution >= 0.6 is 11.3 Å². The second-order valence-corrected chi connectivity index (χ2v) is 6.98. The third-order valence-electron chi connectivity index (χ3n) is 4.24. The van der Waals surface area contributed by atoms with Gasteiger partial charge in [0.2, 0.25) is 0 Å². The number of hydrogen-bond acceptors (Lipinski definition) is 5. The number of nitrogens with zero attached hydrogens (tertiary/aromatic N) is 3. The van der Waals surface area contributed by atoms with Gasteiger partial charge in [-0.1, -0.05) is 13.8 Å². The van der Waals surface area contributed by atoms with Crippen molar-refractivity contribution in [3.63, 3.8) is 0 Å². The first kappa shape index (κ1) is 14.7. The molecule has 114 valence electrons. The van der Waals surface area contributed by atoms with Gasteiger partial charge in [0.15, 0.2) is 0 Å². The van der Waals surface area contributed by atoms with Gasteiger partial charge in [-0.25, -0.2) is 9.97 Å². The molecule has 2 aromatic rings. The van der Waals surface area contributed by atoms with E-state index < -0.39 is 0 Å². The molecule has 1 atom stereocenters. The van der Waals surface area contributed by atoms with E-state index in [9.17, 15) is 0 Å². The standard InChI is InChI=1S/C16H24N4S/c1-4-17-15-12-7-9-21-16(12)19-14(18-15)10-20-8-5-6-13(20)11(2)3/h7,9,11,13H,4-6,8,10H2,1-3H3,(H,17,18,19). The number of nitrogens with one attached hydrogen (secondary N) is 1. The molecule has 1 aliphatic rings. The molecule has 0 amide bonds. The maximum atomic E-state index is 4.76. The Hall–Kier alpha value is -1.20. The van der Waals surface area contributed by atoms with Crippen LogP contribution in [0.15, 0.2) is 11.4 Å². The van der Waals surface area contributed by atoms with E-state index in [-0.39, 0.29) is 0 Å². The molecular formula is C16H24N4S. The number of anilines is 1. The SMILES string of the molecule is CCNc1nc(CN2CCCC2C(C)C)nc2sccc12. The molecule has 1 saturated heterocycles. The average molecular weight is 304 g/mol. The zero-order valence-electron chi connectivity index (χ0n) is 13.1. The fourth-order valence-electron chi connectivity index (χ4n) is 3.26. The van der Waals surface area contributed by atoms with Crippen molar-refractivity contribution in [3.8, 4) is 0 Å².